The fourth-order valence-corrected chi connectivity index (χ4v) is 2.84. The fourth-order valence-electron chi connectivity index (χ4n) is 2.84. The molecule has 0 saturated heterocycles. The van der Waals surface area contributed by atoms with E-state index in [1.807, 2.05) is 24.3 Å². The average Bonchev–Trinajstić information content (AvgIpc) is 2.50. The Labute approximate surface area is 140 Å². The molecule has 0 atom stereocenters. The second-order valence-electron chi connectivity index (χ2n) is 5.50. The molecule has 0 spiro atoms. The van der Waals surface area contributed by atoms with Gasteiger partial charge in [0.2, 0.25) is 0 Å². The maximum absolute atomic E-state index is 9.23. The molecule has 0 aliphatic rings. The summed E-state index contributed by atoms with van der Waals surface area (Å²) in [6.45, 7) is 13.7. The second kappa shape index (κ2) is 10.1. The van der Waals surface area contributed by atoms with Crippen LogP contribution in [0.2, 0.25) is 0 Å². The van der Waals surface area contributed by atoms with Gasteiger partial charge in [-0.2, -0.15) is 0 Å². The molecule has 0 aromatic heterocycles. The molecule has 0 fully saturated rings. The van der Waals surface area contributed by atoms with Crippen LogP contribution in [-0.4, -0.2) is 17.4 Å². The van der Waals surface area contributed by atoms with Gasteiger partial charge in [0.1, 0.15) is 5.75 Å². The first-order valence-electron chi connectivity index (χ1n) is 8.10. The summed E-state index contributed by atoms with van der Waals surface area (Å²) in [5.74, 6) is 0.510. The van der Waals surface area contributed by atoms with Crippen molar-refractivity contribution in [2.24, 2.45) is 0 Å². The summed E-state index contributed by atoms with van der Waals surface area (Å²) in [5, 5.41) is 18.5. The second-order valence-corrected chi connectivity index (χ2v) is 5.50. The zero-order chi connectivity index (χ0) is 17.2. The molecule has 1 rings (SSSR count). The minimum atomic E-state index is -1.83. The number of hydrogen-bond acceptors (Lipinski definition) is 3. The topological polar surface area (TPSA) is 49.7 Å². The minimum Gasteiger partial charge on any atom is -0.512 e. The lowest BCUT2D eigenvalue weighted by Crippen LogP contribution is -2.22. The Morgan fingerprint density at radius 3 is 2.13 bits per heavy atom. The van der Waals surface area contributed by atoms with E-state index in [9.17, 15) is 10.0 Å². The van der Waals surface area contributed by atoms with E-state index in [-0.39, 0.29) is 0 Å². The monoisotopic (exact) mass is 314 g/mol. The molecule has 4 heteroatoms. The lowest BCUT2D eigenvalue weighted by atomic mass is 9.87. The van der Waals surface area contributed by atoms with Gasteiger partial charge in [0, 0.05) is 0 Å². The van der Waals surface area contributed by atoms with Gasteiger partial charge in [-0.1, -0.05) is 31.6 Å². The smallest absolute Gasteiger partial charge is 0.512 e. The summed E-state index contributed by atoms with van der Waals surface area (Å²) < 4.78 is 5.24. The van der Waals surface area contributed by atoms with Crippen LogP contribution in [0.1, 0.15) is 42.0 Å². The number of unbranched alkanes of at least 4 members (excludes halogenated alkanes) is 1. The first-order chi connectivity index (χ1) is 11.1. The van der Waals surface area contributed by atoms with Gasteiger partial charge in [-0.3, -0.25) is 0 Å². The molecule has 1 aromatic rings. The number of rotatable bonds is 11. The Kier molecular flexibility index (Phi) is 8.45. The maximum Gasteiger partial charge on any atom is 0.707 e. The van der Waals surface area contributed by atoms with Gasteiger partial charge in [0.25, 0.3) is 0 Å². The highest BCUT2D eigenvalue weighted by Gasteiger charge is 2.20. The quantitative estimate of drug-likeness (QED) is 0.485. The fraction of sp³-hybridized carbons (Fsp3) is 0.368. The SMILES string of the molecule is C=CCc1cc(OB(O)O)c(CC=C)c(CCCC)c1CC=C. The number of hydrogen-bond donors (Lipinski definition) is 2. The van der Waals surface area contributed by atoms with Crippen LogP contribution in [0.3, 0.4) is 0 Å². The highest BCUT2D eigenvalue weighted by atomic mass is 16.6. The van der Waals surface area contributed by atoms with E-state index in [1.165, 1.54) is 11.1 Å². The molecule has 0 amide bonds. The van der Waals surface area contributed by atoms with Crippen molar-refractivity contribution in [3.63, 3.8) is 0 Å². The van der Waals surface area contributed by atoms with Gasteiger partial charge >= 0.3 is 7.32 Å². The zero-order valence-electron chi connectivity index (χ0n) is 14.1. The summed E-state index contributed by atoms with van der Waals surface area (Å²) in [4.78, 5) is 0. The minimum absolute atomic E-state index is 0.510. The number of allylic oxidation sites excluding steroid dienone is 3. The van der Waals surface area contributed by atoms with Crippen molar-refractivity contribution in [2.75, 3.05) is 0 Å². The normalized spacial score (nSPS) is 10.2. The molecule has 3 nitrogen and oxygen atoms in total. The highest BCUT2D eigenvalue weighted by molar-refractivity contribution is 6.33. The molecule has 0 aliphatic heterocycles. The van der Waals surface area contributed by atoms with Gasteiger partial charge in [-0.15, -0.1) is 19.7 Å². The predicted molar refractivity (Wildman–Crippen MR) is 97.6 cm³/mol. The summed E-state index contributed by atoms with van der Waals surface area (Å²) in [6.07, 6.45) is 10.7. The Morgan fingerprint density at radius 2 is 1.61 bits per heavy atom. The van der Waals surface area contributed by atoms with E-state index in [0.717, 1.165) is 36.8 Å². The molecule has 2 N–H and O–H groups in total. The summed E-state index contributed by atoms with van der Waals surface area (Å²) >= 11 is 0. The molecule has 0 aliphatic carbocycles. The van der Waals surface area contributed by atoms with Crippen LogP contribution >= 0.6 is 0 Å². The molecule has 0 heterocycles. The number of benzene rings is 1. The van der Waals surface area contributed by atoms with Gasteiger partial charge in [0.15, 0.2) is 0 Å². The third-order valence-corrected chi connectivity index (χ3v) is 3.79. The van der Waals surface area contributed by atoms with Crippen LogP contribution < -0.4 is 4.65 Å². The van der Waals surface area contributed by atoms with Crippen molar-refractivity contribution < 1.29 is 14.7 Å². The van der Waals surface area contributed by atoms with Crippen LogP contribution in [0.25, 0.3) is 0 Å². The molecule has 124 valence electrons. The lowest BCUT2D eigenvalue weighted by Gasteiger charge is -2.21. The molecule has 23 heavy (non-hydrogen) atoms. The first kappa shape index (κ1) is 19.3. The predicted octanol–water partition coefficient (Wildman–Crippen LogP) is 3.56. The third kappa shape index (κ3) is 5.41. The van der Waals surface area contributed by atoms with E-state index < -0.39 is 7.32 Å². The molecule has 0 saturated carbocycles. The molecule has 0 bridgehead atoms. The first-order valence-corrected chi connectivity index (χ1v) is 8.10. The van der Waals surface area contributed by atoms with Crippen LogP contribution in [0.5, 0.6) is 5.75 Å². The largest absolute Gasteiger partial charge is 0.707 e. The molecule has 1 aromatic carbocycles. The molecular weight excluding hydrogens is 287 g/mol. The standard InChI is InChI=1S/C19H27BO3/c1-5-9-13-17-16(11-7-3)15(10-6-2)14-19(23-20(21)22)18(17)12-8-4/h6-8,14,21-22H,2-5,9-13H2,1H3. The zero-order valence-corrected chi connectivity index (χ0v) is 14.1. The highest BCUT2D eigenvalue weighted by Crippen LogP contribution is 2.32. The molecular formula is C19H27BO3. The van der Waals surface area contributed by atoms with E-state index in [0.29, 0.717) is 18.6 Å². The van der Waals surface area contributed by atoms with E-state index >= 15 is 0 Å². The Hall–Kier alpha value is -1.78. The van der Waals surface area contributed by atoms with Crippen LogP contribution in [0, 0.1) is 0 Å². The van der Waals surface area contributed by atoms with Gasteiger partial charge in [0.05, 0.1) is 0 Å². The van der Waals surface area contributed by atoms with Gasteiger partial charge in [-0.05, 0) is 60.4 Å². The summed E-state index contributed by atoms with van der Waals surface area (Å²) in [7, 11) is -1.83. The van der Waals surface area contributed by atoms with Crippen molar-refractivity contribution in [2.45, 2.75) is 45.4 Å². The molecule has 0 radical (unpaired) electrons. The van der Waals surface area contributed by atoms with Gasteiger partial charge in [-0.25, -0.2) is 0 Å². The maximum atomic E-state index is 9.23. The summed E-state index contributed by atoms with van der Waals surface area (Å²) in [5.41, 5.74) is 4.52. The van der Waals surface area contributed by atoms with E-state index in [2.05, 4.69) is 26.7 Å². The van der Waals surface area contributed by atoms with Crippen LogP contribution in [-0.2, 0) is 25.7 Å². The van der Waals surface area contributed by atoms with Crippen molar-refractivity contribution in [1.29, 1.82) is 0 Å². The van der Waals surface area contributed by atoms with Crippen molar-refractivity contribution >= 4 is 7.32 Å². The van der Waals surface area contributed by atoms with Crippen molar-refractivity contribution in [3.8, 4) is 5.75 Å². The lowest BCUT2D eigenvalue weighted by molar-refractivity contribution is 0.287. The van der Waals surface area contributed by atoms with Crippen molar-refractivity contribution in [3.05, 3.63) is 66.3 Å². The Bertz CT molecular complexity index is 550. The summed E-state index contributed by atoms with van der Waals surface area (Å²) in [6, 6.07) is 1.88. The van der Waals surface area contributed by atoms with Gasteiger partial charge < -0.3 is 14.7 Å². The average molecular weight is 314 g/mol. The third-order valence-electron chi connectivity index (χ3n) is 3.79. The van der Waals surface area contributed by atoms with E-state index in [4.69, 9.17) is 4.65 Å². The van der Waals surface area contributed by atoms with Crippen molar-refractivity contribution in [1.82, 2.24) is 0 Å². The van der Waals surface area contributed by atoms with Crippen LogP contribution in [0.4, 0.5) is 0 Å². The Morgan fingerprint density at radius 1 is 1.00 bits per heavy atom. The molecule has 0 unspecified atom stereocenters. The van der Waals surface area contributed by atoms with E-state index in [1.54, 1.807) is 0 Å². The Balaban J connectivity index is 3.55. The van der Waals surface area contributed by atoms with Crippen LogP contribution in [0.15, 0.2) is 44.0 Å².